The predicted molar refractivity (Wildman–Crippen MR) is 75.1 cm³/mol. The predicted octanol–water partition coefficient (Wildman–Crippen LogP) is 1.24. The molecule has 0 radical (unpaired) electrons. The van der Waals surface area contributed by atoms with Gasteiger partial charge in [0.05, 0.1) is 6.61 Å². The van der Waals surface area contributed by atoms with Gasteiger partial charge in [-0.15, -0.1) is 0 Å². The molecule has 4 heteroatoms. The first-order chi connectivity index (χ1) is 9.20. The lowest BCUT2D eigenvalue weighted by Crippen LogP contribution is -2.38. The van der Waals surface area contributed by atoms with E-state index in [2.05, 4.69) is 34.5 Å². The molecule has 2 rings (SSSR count). The molecule has 0 unspecified atom stereocenters. The van der Waals surface area contributed by atoms with E-state index in [4.69, 9.17) is 4.74 Å². The van der Waals surface area contributed by atoms with Crippen LogP contribution in [0.1, 0.15) is 18.4 Å². The monoisotopic (exact) mass is 262 g/mol. The third-order valence-electron chi connectivity index (χ3n) is 3.62. The van der Waals surface area contributed by atoms with Gasteiger partial charge < -0.3 is 10.1 Å². The molecule has 1 aromatic rings. The van der Waals surface area contributed by atoms with Crippen molar-refractivity contribution in [1.82, 2.24) is 10.2 Å². The molecule has 2 atom stereocenters. The summed E-state index contributed by atoms with van der Waals surface area (Å²) in [7, 11) is 1.72. The van der Waals surface area contributed by atoms with Crippen molar-refractivity contribution in [2.45, 2.75) is 18.9 Å². The van der Waals surface area contributed by atoms with Gasteiger partial charge in [-0.2, -0.15) is 0 Å². The first-order valence-electron chi connectivity index (χ1n) is 6.74. The maximum absolute atomic E-state index is 11.3. The average Bonchev–Trinajstić information content (AvgIpc) is 2.79. The highest BCUT2D eigenvalue weighted by molar-refractivity contribution is 5.73. The van der Waals surface area contributed by atoms with Crippen LogP contribution in [0.15, 0.2) is 30.3 Å². The maximum Gasteiger partial charge on any atom is 0.217 e. The number of methoxy groups -OCH3 is 1. The van der Waals surface area contributed by atoms with E-state index in [9.17, 15) is 4.79 Å². The molecule has 104 valence electrons. The van der Waals surface area contributed by atoms with Gasteiger partial charge in [-0.3, -0.25) is 9.69 Å². The van der Waals surface area contributed by atoms with Gasteiger partial charge in [0.1, 0.15) is 0 Å². The maximum atomic E-state index is 11.3. The van der Waals surface area contributed by atoms with Crippen molar-refractivity contribution >= 4 is 5.91 Å². The van der Waals surface area contributed by atoms with E-state index in [-0.39, 0.29) is 11.9 Å². The standard InChI is InChI=1S/C15H22N2O2/c1-12(18)16-15-11-17(8-9-19-2)10-14(15)13-6-4-3-5-7-13/h3-7,14-15H,8-11H2,1-2H3,(H,16,18)/t14-,15+/m0/s1. The number of likely N-dealkylation sites (tertiary alicyclic amines) is 1. The van der Waals surface area contributed by atoms with E-state index in [0.717, 1.165) is 26.2 Å². The molecule has 0 spiro atoms. The molecular weight excluding hydrogens is 240 g/mol. The number of hydrogen-bond donors (Lipinski definition) is 1. The fourth-order valence-corrected chi connectivity index (χ4v) is 2.73. The lowest BCUT2D eigenvalue weighted by atomic mass is 9.94. The summed E-state index contributed by atoms with van der Waals surface area (Å²) in [6.45, 7) is 5.09. The van der Waals surface area contributed by atoms with Crippen LogP contribution in [-0.4, -0.2) is 50.2 Å². The van der Waals surface area contributed by atoms with Crippen LogP contribution in [0.2, 0.25) is 0 Å². The quantitative estimate of drug-likeness (QED) is 0.868. The number of carbonyl (C=O) groups is 1. The number of rotatable bonds is 5. The number of hydrogen-bond acceptors (Lipinski definition) is 3. The molecule has 0 saturated carbocycles. The molecule has 1 aliphatic rings. The molecular formula is C15H22N2O2. The topological polar surface area (TPSA) is 41.6 Å². The highest BCUT2D eigenvalue weighted by Crippen LogP contribution is 2.27. The SMILES string of the molecule is COCCN1C[C@@H](NC(C)=O)[C@H](c2ccccc2)C1. The van der Waals surface area contributed by atoms with E-state index in [1.165, 1.54) is 5.56 Å². The van der Waals surface area contributed by atoms with Crippen molar-refractivity contribution in [3.05, 3.63) is 35.9 Å². The molecule has 0 aromatic heterocycles. The second-order valence-electron chi connectivity index (χ2n) is 5.08. The van der Waals surface area contributed by atoms with E-state index < -0.39 is 0 Å². The van der Waals surface area contributed by atoms with Gasteiger partial charge in [0.15, 0.2) is 0 Å². The number of nitrogens with zero attached hydrogens (tertiary/aromatic N) is 1. The van der Waals surface area contributed by atoms with E-state index in [1.54, 1.807) is 14.0 Å². The van der Waals surface area contributed by atoms with Gasteiger partial charge in [-0.25, -0.2) is 0 Å². The zero-order chi connectivity index (χ0) is 13.7. The van der Waals surface area contributed by atoms with E-state index in [0.29, 0.717) is 5.92 Å². The zero-order valence-corrected chi connectivity index (χ0v) is 11.6. The molecule has 1 aliphatic heterocycles. The molecule has 1 amide bonds. The molecule has 1 N–H and O–H groups in total. The second kappa shape index (κ2) is 6.68. The van der Waals surface area contributed by atoms with Crippen LogP contribution in [0.5, 0.6) is 0 Å². The number of ether oxygens (including phenoxy) is 1. The lowest BCUT2D eigenvalue weighted by Gasteiger charge is -2.19. The Labute approximate surface area is 114 Å². The summed E-state index contributed by atoms with van der Waals surface area (Å²) < 4.78 is 5.13. The van der Waals surface area contributed by atoms with Gasteiger partial charge in [0, 0.05) is 45.6 Å². The lowest BCUT2D eigenvalue weighted by molar-refractivity contribution is -0.119. The third-order valence-corrected chi connectivity index (χ3v) is 3.62. The molecule has 1 heterocycles. The van der Waals surface area contributed by atoms with Crippen molar-refractivity contribution in [3.8, 4) is 0 Å². The van der Waals surface area contributed by atoms with Crippen molar-refractivity contribution in [3.63, 3.8) is 0 Å². The summed E-state index contributed by atoms with van der Waals surface area (Å²) in [4.78, 5) is 13.7. The minimum absolute atomic E-state index is 0.0412. The highest BCUT2D eigenvalue weighted by atomic mass is 16.5. The van der Waals surface area contributed by atoms with Gasteiger partial charge in [0.2, 0.25) is 5.91 Å². The Morgan fingerprint density at radius 3 is 2.74 bits per heavy atom. The summed E-state index contributed by atoms with van der Waals surface area (Å²) in [6, 6.07) is 10.6. The third kappa shape index (κ3) is 3.78. The second-order valence-corrected chi connectivity index (χ2v) is 5.08. The first kappa shape index (κ1) is 14.0. The number of carbonyl (C=O) groups excluding carboxylic acids is 1. The number of benzene rings is 1. The van der Waals surface area contributed by atoms with Crippen LogP contribution in [0, 0.1) is 0 Å². The Bertz CT molecular complexity index is 408. The van der Waals surface area contributed by atoms with Crippen LogP contribution in [0.25, 0.3) is 0 Å². The van der Waals surface area contributed by atoms with Crippen LogP contribution < -0.4 is 5.32 Å². The minimum atomic E-state index is 0.0412. The molecule has 1 fully saturated rings. The summed E-state index contributed by atoms with van der Waals surface area (Å²) in [5, 5.41) is 3.08. The average molecular weight is 262 g/mol. The van der Waals surface area contributed by atoms with Crippen molar-refractivity contribution in [1.29, 1.82) is 0 Å². The molecule has 1 aromatic carbocycles. The molecule has 0 bridgehead atoms. The van der Waals surface area contributed by atoms with Crippen molar-refractivity contribution in [2.75, 3.05) is 33.4 Å². The Morgan fingerprint density at radius 2 is 2.11 bits per heavy atom. The Hall–Kier alpha value is -1.39. The summed E-state index contributed by atoms with van der Waals surface area (Å²) in [6.07, 6.45) is 0. The summed E-state index contributed by atoms with van der Waals surface area (Å²) in [5.41, 5.74) is 1.29. The zero-order valence-electron chi connectivity index (χ0n) is 11.6. The highest BCUT2D eigenvalue weighted by Gasteiger charge is 2.33. The summed E-state index contributed by atoms with van der Waals surface area (Å²) >= 11 is 0. The van der Waals surface area contributed by atoms with Crippen molar-refractivity contribution < 1.29 is 9.53 Å². The van der Waals surface area contributed by atoms with E-state index in [1.807, 2.05) is 6.07 Å². The number of nitrogens with one attached hydrogen (secondary N) is 1. The van der Waals surface area contributed by atoms with Crippen molar-refractivity contribution in [2.24, 2.45) is 0 Å². The van der Waals surface area contributed by atoms with Crippen LogP contribution >= 0.6 is 0 Å². The molecule has 0 aliphatic carbocycles. The fourth-order valence-electron chi connectivity index (χ4n) is 2.73. The summed E-state index contributed by atoms with van der Waals surface area (Å²) in [5.74, 6) is 0.404. The first-order valence-corrected chi connectivity index (χ1v) is 6.74. The van der Waals surface area contributed by atoms with Gasteiger partial charge in [-0.05, 0) is 5.56 Å². The number of amides is 1. The minimum Gasteiger partial charge on any atom is -0.383 e. The van der Waals surface area contributed by atoms with E-state index >= 15 is 0 Å². The molecule has 4 nitrogen and oxygen atoms in total. The van der Waals surface area contributed by atoms with Gasteiger partial charge in [0.25, 0.3) is 0 Å². The Morgan fingerprint density at radius 1 is 1.37 bits per heavy atom. The van der Waals surface area contributed by atoms with Crippen LogP contribution in [0.4, 0.5) is 0 Å². The smallest absolute Gasteiger partial charge is 0.217 e. The van der Waals surface area contributed by atoms with Crippen LogP contribution in [0.3, 0.4) is 0 Å². The fraction of sp³-hybridized carbons (Fsp3) is 0.533. The Kier molecular flexibility index (Phi) is 4.93. The largest absolute Gasteiger partial charge is 0.383 e. The molecule has 19 heavy (non-hydrogen) atoms. The normalized spacial score (nSPS) is 23.5. The molecule has 1 saturated heterocycles. The van der Waals surface area contributed by atoms with Gasteiger partial charge in [-0.1, -0.05) is 30.3 Å². The van der Waals surface area contributed by atoms with Crippen LogP contribution in [-0.2, 0) is 9.53 Å². The Balaban J connectivity index is 2.07. The van der Waals surface area contributed by atoms with Gasteiger partial charge >= 0.3 is 0 Å².